The fourth-order valence-corrected chi connectivity index (χ4v) is 2.32. The van der Waals surface area contributed by atoms with Crippen LogP contribution in [0, 0.1) is 0 Å². The third-order valence-corrected chi connectivity index (χ3v) is 3.91. The van der Waals surface area contributed by atoms with E-state index >= 15 is 0 Å². The second kappa shape index (κ2) is 6.76. The number of ether oxygens (including phenoxy) is 1. The molecule has 0 N–H and O–H groups in total. The molecular weight excluding hydrogens is 300 g/mol. The SMILES string of the molecule is COC(=O)[C@H](C)SCc1nnc(-c2ccc(Cl)cc2)o1. The molecule has 0 amide bonds. The number of halogens is 1. The summed E-state index contributed by atoms with van der Waals surface area (Å²) in [5.41, 5.74) is 0.805. The lowest BCUT2D eigenvalue weighted by atomic mass is 10.2. The molecule has 0 fully saturated rings. The van der Waals surface area contributed by atoms with Crippen molar-refractivity contribution in [3.05, 3.63) is 35.2 Å². The number of aromatic nitrogens is 2. The predicted octanol–water partition coefficient (Wildman–Crippen LogP) is 3.18. The quantitative estimate of drug-likeness (QED) is 0.790. The first-order valence-corrected chi connectivity index (χ1v) is 7.30. The van der Waals surface area contributed by atoms with Crippen LogP contribution in [-0.2, 0) is 15.3 Å². The van der Waals surface area contributed by atoms with Crippen molar-refractivity contribution in [2.45, 2.75) is 17.9 Å². The summed E-state index contributed by atoms with van der Waals surface area (Å²) >= 11 is 7.20. The molecular formula is C13H13ClN2O3S. The van der Waals surface area contributed by atoms with Crippen LogP contribution in [0.1, 0.15) is 12.8 Å². The van der Waals surface area contributed by atoms with Crippen molar-refractivity contribution in [1.82, 2.24) is 10.2 Å². The average Bonchev–Trinajstić information content (AvgIpc) is 2.93. The molecule has 7 heteroatoms. The first-order valence-electron chi connectivity index (χ1n) is 5.88. The van der Waals surface area contributed by atoms with Crippen molar-refractivity contribution < 1.29 is 13.9 Å². The number of nitrogens with zero attached hydrogens (tertiary/aromatic N) is 2. The van der Waals surface area contributed by atoms with Gasteiger partial charge in [0.05, 0.1) is 12.9 Å². The summed E-state index contributed by atoms with van der Waals surface area (Å²) in [6.07, 6.45) is 0. The minimum Gasteiger partial charge on any atom is -0.468 e. The van der Waals surface area contributed by atoms with E-state index in [0.717, 1.165) is 5.56 Å². The molecule has 0 aliphatic heterocycles. The Balaban J connectivity index is 1.99. The van der Waals surface area contributed by atoms with E-state index in [9.17, 15) is 4.79 Å². The lowest BCUT2D eigenvalue weighted by molar-refractivity contribution is -0.139. The van der Waals surface area contributed by atoms with Crippen LogP contribution in [0.5, 0.6) is 0 Å². The van der Waals surface area contributed by atoms with Gasteiger partial charge in [0.1, 0.15) is 5.25 Å². The molecule has 1 atom stereocenters. The summed E-state index contributed by atoms with van der Waals surface area (Å²) in [7, 11) is 1.37. The van der Waals surface area contributed by atoms with Crippen LogP contribution in [0.25, 0.3) is 11.5 Å². The van der Waals surface area contributed by atoms with Gasteiger partial charge < -0.3 is 9.15 Å². The molecule has 2 rings (SSSR count). The molecule has 0 bridgehead atoms. The summed E-state index contributed by atoms with van der Waals surface area (Å²) in [5, 5.41) is 8.30. The molecule has 0 radical (unpaired) electrons. The van der Waals surface area contributed by atoms with Crippen molar-refractivity contribution in [2.24, 2.45) is 0 Å². The second-order valence-electron chi connectivity index (χ2n) is 3.98. The number of rotatable bonds is 5. The van der Waals surface area contributed by atoms with Gasteiger partial charge in [-0.05, 0) is 31.2 Å². The Hall–Kier alpha value is -1.53. The van der Waals surface area contributed by atoms with Gasteiger partial charge in [-0.15, -0.1) is 22.0 Å². The van der Waals surface area contributed by atoms with Crippen molar-refractivity contribution in [3.8, 4) is 11.5 Å². The summed E-state index contributed by atoms with van der Waals surface area (Å²) < 4.78 is 10.2. The van der Waals surface area contributed by atoms with E-state index in [1.54, 1.807) is 19.1 Å². The van der Waals surface area contributed by atoms with Gasteiger partial charge in [0.15, 0.2) is 0 Å². The second-order valence-corrected chi connectivity index (χ2v) is 5.75. The van der Waals surface area contributed by atoms with Crippen LogP contribution in [0.2, 0.25) is 5.02 Å². The van der Waals surface area contributed by atoms with Crippen molar-refractivity contribution >= 4 is 29.3 Å². The number of hydrogen-bond donors (Lipinski definition) is 0. The van der Waals surface area contributed by atoms with E-state index in [-0.39, 0.29) is 11.2 Å². The van der Waals surface area contributed by atoms with Gasteiger partial charge in [-0.25, -0.2) is 0 Å². The molecule has 0 spiro atoms. The average molecular weight is 313 g/mol. The molecule has 1 heterocycles. The fourth-order valence-electron chi connectivity index (χ4n) is 1.45. The molecule has 1 aromatic carbocycles. The van der Waals surface area contributed by atoms with Crippen LogP contribution in [-0.4, -0.2) is 28.5 Å². The molecule has 1 aromatic heterocycles. The molecule has 106 valence electrons. The number of carbonyl (C=O) groups excluding carboxylic acids is 1. The highest BCUT2D eigenvalue weighted by molar-refractivity contribution is 7.99. The number of esters is 1. The molecule has 20 heavy (non-hydrogen) atoms. The Morgan fingerprint density at radius 3 is 2.75 bits per heavy atom. The Kier molecular flexibility index (Phi) is 5.03. The van der Waals surface area contributed by atoms with Crippen molar-refractivity contribution in [1.29, 1.82) is 0 Å². The van der Waals surface area contributed by atoms with Crippen molar-refractivity contribution in [2.75, 3.05) is 7.11 Å². The summed E-state index contributed by atoms with van der Waals surface area (Å²) in [6, 6.07) is 7.14. The van der Waals surface area contributed by atoms with Crippen molar-refractivity contribution in [3.63, 3.8) is 0 Å². The standard InChI is InChI=1S/C13H13ClN2O3S/c1-8(13(17)18-2)20-7-11-15-16-12(19-11)9-3-5-10(14)6-4-9/h3-6,8H,7H2,1-2H3/t8-/m0/s1. The maximum atomic E-state index is 11.3. The maximum absolute atomic E-state index is 11.3. The van der Waals surface area contributed by atoms with Gasteiger partial charge in [-0.2, -0.15) is 0 Å². The minimum atomic E-state index is -0.272. The minimum absolute atomic E-state index is 0.271. The molecule has 2 aromatic rings. The molecule has 5 nitrogen and oxygen atoms in total. The van der Waals surface area contributed by atoms with Crippen LogP contribution in [0.3, 0.4) is 0 Å². The molecule has 0 aliphatic rings. The smallest absolute Gasteiger partial charge is 0.318 e. The first-order chi connectivity index (χ1) is 9.60. The highest BCUT2D eigenvalue weighted by Crippen LogP contribution is 2.23. The van der Waals surface area contributed by atoms with Gasteiger partial charge in [-0.1, -0.05) is 11.6 Å². The van der Waals surface area contributed by atoms with Gasteiger partial charge in [-0.3, -0.25) is 4.79 Å². The van der Waals surface area contributed by atoms with Crippen LogP contribution >= 0.6 is 23.4 Å². The molecule has 0 saturated carbocycles. The topological polar surface area (TPSA) is 65.2 Å². The van der Waals surface area contributed by atoms with Crippen LogP contribution < -0.4 is 0 Å². The van der Waals surface area contributed by atoms with E-state index in [4.69, 9.17) is 16.0 Å². The summed E-state index contributed by atoms with van der Waals surface area (Å²) in [6.45, 7) is 1.77. The normalized spacial score (nSPS) is 12.2. The number of thioether (sulfide) groups is 1. The van der Waals surface area contributed by atoms with E-state index in [0.29, 0.717) is 22.6 Å². The third kappa shape index (κ3) is 3.74. The highest BCUT2D eigenvalue weighted by atomic mass is 35.5. The number of methoxy groups -OCH3 is 1. The maximum Gasteiger partial charge on any atom is 0.318 e. The zero-order valence-electron chi connectivity index (χ0n) is 11.0. The fraction of sp³-hybridized carbons (Fsp3) is 0.308. The number of hydrogen-bond acceptors (Lipinski definition) is 6. The molecule has 0 aliphatic carbocycles. The van der Waals surface area contributed by atoms with Gasteiger partial charge >= 0.3 is 5.97 Å². The molecule has 0 saturated heterocycles. The predicted molar refractivity (Wildman–Crippen MR) is 77.5 cm³/mol. The van der Waals surface area contributed by atoms with E-state index < -0.39 is 0 Å². The molecule has 0 unspecified atom stereocenters. The Morgan fingerprint density at radius 2 is 2.10 bits per heavy atom. The summed E-state index contributed by atoms with van der Waals surface area (Å²) in [4.78, 5) is 11.3. The monoisotopic (exact) mass is 312 g/mol. The highest BCUT2D eigenvalue weighted by Gasteiger charge is 2.16. The van der Waals surface area contributed by atoms with Gasteiger partial charge in [0.2, 0.25) is 11.8 Å². The zero-order valence-corrected chi connectivity index (χ0v) is 12.6. The van der Waals surface area contributed by atoms with Crippen LogP contribution in [0.15, 0.2) is 28.7 Å². The van der Waals surface area contributed by atoms with Crippen LogP contribution in [0.4, 0.5) is 0 Å². The third-order valence-electron chi connectivity index (χ3n) is 2.55. The van der Waals surface area contributed by atoms with E-state index in [2.05, 4.69) is 14.9 Å². The van der Waals surface area contributed by atoms with Gasteiger partial charge in [0.25, 0.3) is 0 Å². The van der Waals surface area contributed by atoms with Gasteiger partial charge in [0, 0.05) is 10.6 Å². The number of benzene rings is 1. The van der Waals surface area contributed by atoms with E-state index in [1.165, 1.54) is 18.9 Å². The lowest BCUT2D eigenvalue weighted by Gasteiger charge is -2.06. The Labute approximate surface area is 125 Å². The lowest BCUT2D eigenvalue weighted by Crippen LogP contribution is -2.14. The van der Waals surface area contributed by atoms with E-state index in [1.807, 2.05) is 12.1 Å². The largest absolute Gasteiger partial charge is 0.468 e. The summed E-state index contributed by atoms with van der Waals surface area (Å²) in [5.74, 6) is 1.09. The Bertz CT molecular complexity index is 586. The number of carbonyl (C=O) groups is 1. The zero-order chi connectivity index (χ0) is 14.5. The first kappa shape index (κ1) is 14.9. The Morgan fingerprint density at radius 1 is 1.40 bits per heavy atom.